The largest absolute Gasteiger partial charge is 0.373 e. The number of nitro benzene ring substituents is 1. The van der Waals surface area contributed by atoms with Crippen molar-refractivity contribution in [3.05, 3.63) is 39.9 Å². The summed E-state index contributed by atoms with van der Waals surface area (Å²) in [5, 5.41) is 10.5. The van der Waals surface area contributed by atoms with Crippen LogP contribution in [0.5, 0.6) is 0 Å². The van der Waals surface area contributed by atoms with Gasteiger partial charge in [-0.3, -0.25) is 14.9 Å². The number of nitro groups is 1. The molecule has 0 fully saturated rings. The number of nitrogens with zero attached hydrogens (tertiary/aromatic N) is 1. The van der Waals surface area contributed by atoms with Gasteiger partial charge in [-0.25, -0.2) is 0 Å². The van der Waals surface area contributed by atoms with Gasteiger partial charge in [0.05, 0.1) is 4.92 Å². The molecule has 0 aliphatic rings. The molecule has 104 valence electrons. The molecule has 1 aromatic carbocycles. The van der Waals surface area contributed by atoms with Crippen molar-refractivity contribution in [3.8, 4) is 0 Å². The van der Waals surface area contributed by atoms with Crippen molar-refractivity contribution in [1.82, 2.24) is 0 Å². The standard InChI is InChI=1S/C14H19NO4/c1-11(2)4-3-9-19-10-14(16)12-5-7-13(8-6-12)15(17)18/h5-8,11H,3-4,9-10H2,1-2H3. The Hall–Kier alpha value is -1.75. The van der Waals surface area contributed by atoms with Crippen LogP contribution >= 0.6 is 0 Å². The highest BCUT2D eigenvalue weighted by Crippen LogP contribution is 2.12. The number of ketones is 1. The molecule has 0 unspecified atom stereocenters. The van der Waals surface area contributed by atoms with E-state index in [2.05, 4.69) is 13.8 Å². The van der Waals surface area contributed by atoms with Gasteiger partial charge < -0.3 is 4.74 Å². The first-order chi connectivity index (χ1) is 9.00. The molecular formula is C14H19NO4. The fraction of sp³-hybridized carbons (Fsp3) is 0.500. The predicted octanol–water partition coefficient (Wildman–Crippen LogP) is 3.23. The summed E-state index contributed by atoms with van der Waals surface area (Å²) in [7, 11) is 0. The van der Waals surface area contributed by atoms with Crippen LogP contribution in [0, 0.1) is 16.0 Å². The summed E-state index contributed by atoms with van der Waals surface area (Å²) in [5.41, 5.74) is 0.420. The molecule has 1 aromatic rings. The molecule has 0 radical (unpaired) electrons. The second-order valence-electron chi connectivity index (χ2n) is 4.82. The Morgan fingerprint density at radius 1 is 1.32 bits per heavy atom. The minimum Gasteiger partial charge on any atom is -0.373 e. The lowest BCUT2D eigenvalue weighted by Gasteiger charge is -2.05. The van der Waals surface area contributed by atoms with E-state index >= 15 is 0 Å². The quantitative estimate of drug-likeness (QED) is 0.313. The normalized spacial score (nSPS) is 10.7. The van der Waals surface area contributed by atoms with Crippen molar-refractivity contribution < 1.29 is 14.5 Å². The molecule has 0 saturated heterocycles. The Morgan fingerprint density at radius 3 is 2.47 bits per heavy atom. The Morgan fingerprint density at radius 2 is 1.95 bits per heavy atom. The maximum atomic E-state index is 11.7. The van der Waals surface area contributed by atoms with Gasteiger partial charge in [-0.2, -0.15) is 0 Å². The van der Waals surface area contributed by atoms with E-state index in [9.17, 15) is 14.9 Å². The molecule has 0 aliphatic heterocycles. The number of rotatable bonds is 8. The summed E-state index contributed by atoms with van der Waals surface area (Å²) in [6.45, 7) is 4.87. The van der Waals surface area contributed by atoms with E-state index in [0.717, 1.165) is 12.8 Å². The van der Waals surface area contributed by atoms with E-state index in [1.807, 2.05) is 0 Å². The third-order valence-electron chi connectivity index (χ3n) is 2.70. The van der Waals surface area contributed by atoms with Crippen LogP contribution in [0.3, 0.4) is 0 Å². The van der Waals surface area contributed by atoms with E-state index in [-0.39, 0.29) is 18.1 Å². The summed E-state index contributed by atoms with van der Waals surface area (Å²) in [5.74, 6) is 0.480. The Labute approximate surface area is 112 Å². The van der Waals surface area contributed by atoms with Crippen molar-refractivity contribution >= 4 is 11.5 Å². The third kappa shape index (κ3) is 5.61. The van der Waals surface area contributed by atoms with Crippen LogP contribution in [0.2, 0.25) is 0 Å². The zero-order valence-electron chi connectivity index (χ0n) is 11.3. The van der Waals surface area contributed by atoms with Crippen LogP contribution in [0.1, 0.15) is 37.0 Å². The Bertz CT molecular complexity index is 426. The first kappa shape index (κ1) is 15.3. The van der Waals surface area contributed by atoms with Gasteiger partial charge in [-0.15, -0.1) is 0 Å². The summed E-state index contributed by atoms with van der Waals surface area (Å²) in [6.07, 6.45) is 2.01. The molecule has 0 saturated carbocycles. The number of hydrogen-bond donors (Lipinski definition) is 0. The van der Waals surface area contributed by atoms with Gasteiger partial charge in [0.25, 0.3) is 5.69 Å². The molecule has 0 aliphatic carbocycles. The second-order valence-corrected chi connectivity index (χ2v) is 4.82. The average molecular weight is 265 g/mol. The number of benzene rings is 1. The van der Waals surface area contributed by atoms with E-state index in [1.54, 1.807) is 0 Å². The van der Waals surface area contributed by atoms with Crippen molar-refractivity contribution in [2.24, 2.45) is 5.92 Å². The molecule has 0 atom stereocenters. The molecule has 0 amide bonds. The molecular weight excluding hydrogens is 246 g/mol. The molecule has 0 N–H and O–H groups in total. The van der Waals surface area contributed by atoms with Crippen molar-refractivity contribution in [3.63, 3.8) is 0 Å². The Balaban J connectivity index is 2.35. The first-order valence-electron chi connectivity index (χ1n) is 6.36. The van der Waals surface area contributed by atoms with E-state index < -0.39 is 4.92 Å². The highest BCUT2D eigenvalue weighted by atomic mass is 16.6. The van der Waals surface area contributed by atoms with Gasteiger partial charge in [0.15, 0.2) is 5.78 Å². The number of non-ortho nitro benzene ring substituents is 1. The van der Waals surface area contributed by atoms with Gasteiger partial charge >= 0.3 is 0 Å². The van der Waals surface area contributed by atoms with Crippen LogP contribution in [0.4, 0.5) is 5.69 Å². The Kier molecular flexibility index (Phi) is 6.15. The van der Waals surface area contributed by atoms with Crippen molar-refractivity contribution in [2.45, 2.75) is 26.7 Å². The van der Waals surface area contributed by atoms with Gasteiger partial charge in [-0.05, 0) is 30.9 Å². The molecule has 0 bridgehead atoms. The molecule has 5 nitrogen and oxygen atoms in total. The zero-order chi connectivity index (χ0) is 14.3. The summed E-state index contributed by atoms with van der Waals surface area (Å²) >= 11 is 0. The molecule has 19 heavy (non-hydrogen) atoms. The fourth-order valence-electron chi connectivity index (χ4n) is 1.61. The maximum absolute atomic E-state index is 11.7. The first-order valence-corrected chi connectivity index (χ1v) is 6.36. The second kappa shape index (κ2) is 7.63. The smallest absolute Gasteiger partial charge is 0.269 e. The topological polar surface area (TPSA) is 69.4 Å². The SMILES string of the molecule is CC(C)CCCOCC(=O)c1ccc([N+](=O)[O-])cc1. The lowest BCUT2D eigenvalue weighted by Crippen LogP contribution is -2.10. The fourth-order valence-corrected chi connectivity index (χ4v) is 1.61. The lowest BCUT2D eigenvalue weighted by molar-refractivity contribution is -0.384. The highest BCUT2D eigenvalue weighted by Gasteiger charge is 2.09. The van der Waals surface area contributed by atoms with Crippen molar-refractivity contribution in [2.75, 3.05) is 13.2 Å². The molecule has 1 rings (SSSR count). The van der Waals surface area contributed by atoms with Crippen LogP contribution in [0.25, 0.3) is 0 Å². The van der Waals surface area contributed by atoms with Crippen LogP contribution in [-0.4, -0.2) is 23.9 Å². The lowest BCUT2D eigenvalue weighted by atomic mass is 10.1. The minimum atomic E-state index is -0.489. The van der Waals surface area contributed by atoms with E-state index in [0.29, 0.717) is 18.1 Å². The summed E-state index contributed by atoms with van der Waals surface area (Å²) in [6, 6.07) is 5.56. The molecule has 0 aromatic heterocycles. The summed E-state index contributed by atoms with van der Waals surface area (Å²) in [4.78, 5) is 21.7. The number of ether oxygens (including phenoxy) is 1. The van der Waals surface area contributed by atoms with Crippen LogP contribution < -0.4 is 0 Å². The maximum Gasteiger partial charge on any atom is 0.269 e. The number of hydrogen-bond acceptors (Lipinski definition) is 4. The third-order valence-corrected chi connectivity index (χ3v) is 2.70. The molecule has 0 heterocycles. The van der Waals surface area contributed by atoms with Crippen LogP contribution in [-0.2, 0) is 4.74 Å². The summed E-state index contributed by atoms with van der Waals surface area (Å²) < 4.78 is 5.29. The zero-order valence-corrected chi connectivity index (χ0v) is 11.3. The molecule has 0 spiro atoms. The van der Waals surface area contributed by atoms with Gasteiger partial charge in [0, 0.05) is 24.3 Å². The van der Waals surface area contributed by atoms with E-state index in [4.69, 9.17) is 4.74 Å². The monoisotopic (exact) mass is 265 g/mol. The average Bonchev–Trinajstić information content (AvgIpc) is 2.37. The number of carbonyl (C=O) groups excluding carboxylic acids is 1. The van der Waals surface area contributed by atoms with Gasteiger partial charge in [0.1, 0.15) is 6.61 Å². The highest BCUT2D eigenvalue weighted by molar-refractivity contribution is 5.97. The van der Waals surface area contributed by atoms with Crippen LogP contribution in [0.15, 0.2) is 24.3 Å². The minimum absolute atomic E-state index is 0.0191. The number of Topliss-reactive ketones (excluding diaryl/α,β-unsaturated/α-hetero) is 1. The van der Waals surface area contributed by atoms with E-state index in [1.165, 1.54) is 24.3 Å². The van der Waals surface area contributed by atoms with Gasteiger partial charge in [0.2, 0.25) is 0 Å². The van der Waals surface area contributed by atoms with Gasteiger partial charge in [-0.1, -0.05) is 13.8 Å². The predicted molar refractivity (Wildman–Crippen MR) is 72.3 cm³/mol. The molecule has 5 heteroatoms. The van der Waals surface area contributed by atoms with Crippen molar-refractivity contribution in [1.29, 1.82) is 0 Å². The number of carbonyl (C=O) groups is 1.